The first kappa shape index (κ1) is 15.4. The van der Waals surface area contributed by atoms with Crippen LogP contribution in [0.4, 0.5) is 11.4 Å². The standard InChI is InChI=1S/C14H16N2O4S/c1-8(17)15-10-2-3-12(11(6-10)14(19)20)16-13(18)9-4-5-21-7-9/h2-3,6,9H,4-5,7H2,1H3,(H,15,17)(H,16,18)(H,19,20). The molecular weight excluding hydrogens is 292 g/mol. The van der Waals surface area contributed by atoms with E-state index in [1.165, 1.54) is 19.1 Å². The molecule has 2 rings (SSSR count). The lowest BCUT2D eigenvalue weighted by molar-refractivity contribution is -0.119. The van der Waals surface area contributed by atoms with Gasteiger partial charge in [-0.05, 0) is 30.4 Å². The lowest BCUT2D eigenvalue weighted by Gasteiger charge is -2.13. The smallest absolute Gasteiger partial charge is 0.337 e. The zero-order valence-electron chi connectivity index (χ0n) is 11.5. The molecule has 0 spiro atoms. The van der Waals surface area contributed by atoms with Crippen molar-refractivity contribution >= 4 is 40.9 Å². The average Bonchev–Trinajstić information content (AvgIpc) is 2.93. The van der Waals surface area contributed by atoms with Gasteiger partial charge in [0.2, 0.25) is 11.8 Å². The number of thioether (sulfide) groups is 1. The van der Waals surface area contributed by atoms with Crippen LogP contribution < -0.4 is 10.6 Å². The molecule has 1 saturated heterocycles. The molecule has 0 radical (unpaired) electrons. The van der Waals surface area contributed by atoms with Crippen molar-refractivity contribution in [3.05, 3.63) is 23.8 Å². The van der Waals surface area contributed by atoms with E-state index in [9.17, 15) is 19.5 Å². The van der Waals surface area contributed by atoms with E-state index >= 15 is 0 Å². The van der Waals surface area contributed by atoms with Crippen LogP contribution in [0.25, 0.3) is 0 Å². The van der Waals surface area contributed by atoms with E-state index in [2.05, 4.69) is 10.6 Å². The second-order valence-corrected chi connectivity index (χ2v) is 5.95. The van der Waals surface area contributed by atoms with Gasteiger partial charge in [-0.1, -0.05) is 0 Å². The first-order valence-corrected chi connectivity index (χ1v) is 7.66. The third-order valence-corrected chi connectivity index (χ3v) is 4.29. The summed E-state index contributed by atoms with van der Waals surface area (Å²) in [5.74, 6) is 0.0367. The number of carboxylic acid groups (broad SMARTS) is 1. The summed E-state index contributed by atoms with van der Waals surface area (Å²) < 4.78 is 0. The lowest BCUT2D eigenvalue weighted by atomic mass is 10.1. The van der Waals surface area contributed by atoms with E-state index in [0.717, 1.165) is 17.9 Å². The highest BCUT2D eigenvalue weighted by Crippen LogP contribution is 2.26. The van der Waals surface area contributed by atoms with E-state index in [-0.39, 0.29) is 29.0 Å². The maximum atomic E-state index is 12.1. The lowest BCUT2D eigenvalue weighted by Crippen LogP contribution is -2.23. The Morgan fingerprint density at radius 1 is 1.29 bits per heavy atom. The summed E-state index contributed by atoms with van der Waals surface area (Å²) in [5, 5.41) is 14.4. The summed E-state index contributed by atoms with van der Waals surface area (Å²) in [7, 11) is 0. The number of hydrogen-bond acceptors (Lipinski definition) is 4. The second-order valence-electron chi connectivity index (χ2n) is 4.80. The Labute approximate surface area is 126 Å². The summed E-state index contributed by atoms with van der Waals surface area (Å²) >= 11 is 1.72. The van der Waals surface area contributed by atoms with Crippen molar-refractivity contribution in [3.63, 3.8) is 0 Å². The number of nitrogens with one attached hydrogen (secondary N) is 2. The van der Waals surface area contributed by atoms with Crippen LogP contribution in [0, 0.1) is 5.92 Å². The first-order chi connectivity index (χ1) is 9.97. The molecule has 0 aliphatic carbocycles. The zero-order chi connectivity index (χ0) is 15.4. The van der Waals surface area contributed by atoms with E-state index in [1.54, 1.807) is 17.8 Å². The van der Waals surface area contributed by atoms with Gasteiger partial charge in [0, 0.05) is 24.3 Å². The molecule has 2 amide bonds. The van der Waals surface area contributed by atoms with Crippen molar-refractivity contribution in [2.24, 2.45) is 5.92 Å². The van der Waals surface area contributed by atoms with Crippen LogP contribution in [0.3, 0.4) is 0 Å². The maximum Gasteiger partial charge on any atom is 0.337 e. The van der Waals surface area contributed by atoms with Crippen LogP contribution in [-0.2, 0) is 9.59 Å². The van der Waals surface area contributed by atoms with Crippen LogP contribution in [0.5, 0.6) is 0 Å². The van der Waals surface area contributed by atoms with E-state index in [4.69, 9.17) is 0 Å². The fourth-order valence-corrected chi connectivity index (χ4v) is 3.31. The van der Waals surface area contributed by atoms with Crippen molar-refractivity contribution in [2.45, 2.75) is 13.3 Å². The Bertz CT molecular complexity index is 582. The molecular formula is C14H16N2O4S. The van der Waals surface area contributed by atoms with Gasteiger partial charge in [-0.25, -0.2) is 4.79 Å². The molecule has 6 nitrogen and oxygen atoms in total. The van der Waals surface area contributed by atoms with Crippen LogP contribution in [-0.4, -0.2) is 34.4 Å². The molecule has 3 N–H and O–H groups in total. The Morgan fingerprint density at radius 2 is 2.05 bits per heavy atom. The topological polar surface area (TPSA) is 95.5 Å². The van der Waals surface area contributed by atoms with Gasteiger partial charge in [-0.3, -0.25) is 9.59 Å². The van der Waals surface area contributed by atoms with Crippen molar-refractivity contribution in [1.29, 1.82) is 0 Å². The van der Waals surface area contributed by atoms with Crippen molar-refractivity contribution < 1.29 is 19.5 Å². The molecule has 21 heavy (non-hydrogen) atoms. The number of hydrogen-bond donors (Lipinski definition) is 3. The van der Waals surface area contributed by atoms with Crippen LogP contribution in [0.15, 0.2) is 18.2 Å². The van der Waals surface area contributed by atoms with Crippen molar-refractivity contribution in [2.75, 3.05) is 22.1 Å². The molecule has 1 atom stereocenters. The number of aromatic carboxylic acids is 1. The molecule has 1 aromatic rings. The fraction of sp³-hybridized carbons (Fsp3) is 0.357. The molecule has 1 heterocycles. The van der Waals surface area contributed by atoms with Crippen LogP contribution in [0.2, 0.25) is 0 Å². The molecule has 7 heteroatoms. The third-order valence-electron chi connectivity index (χ3n) is 3.13. The Morgan fingerprint density at radius 3 is 2.62 bits per heavy atom. The van der Waals surface area contributed by atoms with Gasteiger partial charge >= 0.3 is 5.97 Å². The largest absolute Gasteiger partial charge is 0.478 e. The molecule has 1 aliphatic rings. The van der Waals surface area contributed by atoms with E-state index in [1.807, 2.05) is 0 Å². The molecule has 0 saturated carbocycles. The van der Waals surface area contributed by atoms with Gasteiger partial charge < -0.3 is 15.7 Å². The summed E-state index contributed by atoms with van der Waals surface area (Å²) in [6.45, 7) is 1.34. The van der Waals surface area contributed by atoms with Gasteiger partial charge in [0.25, 0.3) is 0 Å². The number of carboxylic acids is 1. The number of carbonyl (C=O) groups is 3. The molecule has 0 aromatic heterocycles. The fourth-order valence-electron chi connectivity index (χ4n) is 2.09. The highest BCUT2D eigenvalue weighted by molar-refractivity contribution is 7.99. The molecule has 1 unspecified atom stereocenters. The van der Waals surface area contributed by atoms with Gasteiger partial charge in [0.05, 0.1) is 11.3 Å². The van der Waals surface area contributed by atoms with Gasteiger partial charge in [0.1, 0.15) is 0 Å². The second kappa shape index (κ2) is 6.62. The van der Waals surface area contributed by atoms with Crippen molar-refractivity contribution in [1.82, 2.24) is 0 Å². The molecule has 0 bridgehead atoms. The van der Waals surface area contributed by atoms with Crippen LogP contribution >= 0.6 is 11.8 Å². The van der Waals surface area contributed by atoms with Gasteiger partial charge in [-0.15, -0.1) is 0 Å². The third kappa shape index (κ3) is 3.98. The van der Waals surface area contributed by atoms with E-state index < -0.39 is 5.97 Å². The Hall–Kier alpha value is -2.02. The average molecular weight is 308 g/mol. The SMILES string of the molecule is CC(=O)Nc1ccc(NC(=O)C2CCSC2)c(C(=O)O)c1. The number of rotatable bonds is 4. The van der Waals surface area contributed by atoms with Crippen molar-refractivity contribution in [3.8, 4) is 0 Å². The number of anilines is 2. The number of benzene rings is 1. The van der Waals surface area contributed by atoms with Gasteiger partial charge in [0.15, 0.2) is 0 Å². The summed E-state index contributed by atoms with van der Waals surface area (Å²) in [6.07, 6.45) is 0.808. The minimum Gasteiger partial charge on any atom is -0.478 e. The molecule has 1 aliphatic heterocycles. The number of amides is 2. The predicted molar refractivity (Wildman–Crippen MR) is 81.8 cm³/mol. The zero-order valence-corrected chi connectivity index (χ0v) is 12.3. The van der Waals surface area contributed by atoms with E-state index in [0.29, 0.717) is 5.69 Å². The summed E-state index contributed by atoms with van der Waals surface area (Å²) in [5.41, 5.74) is 0.591. The Balaban J connectivity index is 2.19. The summed E-state index contributed by atoms with van der Waals surface area (Å²) in [6, 6.07) is 4.39. The molecule has 112 valence electrons. The molecule has 1 fully saturated rings. The minimum atomic E-state index is -1.15. The first-order valence-electron chi connectivity index (χ1n) is 6.51. The normalized spacial score (nSPS) is 17.3. The predicted octanol–water partition coefficient (Wildman–Crippen LogP) is 2.03. The van der Waals surface area contributed by atoms with Crippen LogP contribution in [0.1, 0.15) is 23.7 Å². The number of carbonyl (C=O) groups excluding carboxylic acids is 2. The minimum absolute atomic E-state index is 0.0414. The highest BCUT2D eigenvalue weighted by Gasteiger charge is 2.24. The van der Waals surface area contributed by atoms with Gasteiger partial charge in [-0.2, -0.15) is 11.8 Å². The molecule has 1 aromatic carbocycles. The maximum absolute atomic E-state index is 12.1. The quantitative estimate of drug-likeness (QED) is 0.791. The monoisotopic (exact) mass is 308 g/mol. The highest BCUT2D eigenvalue weighted by atomic mass is 32.2. The summed E-state index contributed by atoms with van der Waals surface area (Å²) in [4.78, 5) is 34.4. The Kier molecular flexibility index (Phi) is 4.85.